The van der Waals surface area contributed by atoms with Crippen LogP contribution in [-0.2, 0) is 5.54 Å². The summed E-state index contributed by atoms with van der Waals surface area (Å²) in [6.45, 7) is 9.80. The molecule has 2 aromatic carbocycles. The first-order valence-corrected chi connectivity index (χ1v) is 11.8. The van der Waals surface area contributed by atoms with Crippen molar-refractivity contribution >= 4 is 29.2 Å². The number of para-hydroxylation sites is 1. The second-order valence-corrected chi connectivity index (χ2v) is 9.69. The third kappa shape index (κ3) is 5.95. The molecule has 9 nitrogen and oxygen atoms in total. The van der Waals surface area contributed by atoms with Gasteiger partial charge in [-0.3, -0.25) is 15.1 Å². The standard InChI is InChI=1S/C28H30N6O3/c1-17-15-21(16-18(2)30-17)31-26-23(25(29)35)24(33-34(26)28(3,4)5)19-11-13-20(14-12-19)32-27(36)37-22-9-7-6-8-10-22/h6-16H,1-5H3,(H2,29,35)(H,30,31)(H,32,36). The van der Waals surface area contributed by atoms with Crippen LogP contribution in [0.4, 0.5) is 22.0 Å². The quantitative estimate of drug-likeness (QED) is 0.310. The maximum absolute atomic E-state index is 12.7. The van der Waals surface area contributed by atoms with Gasteiger partial charge in [-0.15, -0.1) is 0 Å². The van der Waals surface area contributed by atoms with E-state index in [2.05, 4.69) is 15.6 Å². The first-order valence-electron chi connectivity index (χ1n) is 11.8. The molecule has 37 heavy (non-hydrogen) atoms. The van der Waals surface area contributed by atoms with Crippen molar-refractivity contribution in [3.8, 4) is 17.0 Å². The van der Waals surface area contributed by atoms with Crippen LogP contribution in [0.2, 0.25) is 0 Å². The first kappa shape index (κ1) is 25.4. The van der Waals surface area contributed by atoms with Crippen LogP contribution in [0.25, 0.3) is 11.3 Å². The van der Waals surface area contributed by atoms with Gasteiger partial charge in [0.05, 0.1) is 5.54 Å². The number of aromatic nitrogens is 3. The highest BCUT2D eigenvalue weighted by Gasteiger charge is 2.29. The van der Waals surface area contributed by atoms with Gasteiger partial charge in [0, 0.05) is 28.3 Å². The minimum Gasteiger partial charge on any atom is -0.410 e. The molecule has 0 aliphatic carbocycles. The summed E-state index contributed by atoms with van der Waals surface area (Å²) in [5.74, 6) is 0.327. The molecule has 2 amide bonds. The minimum atomic E-state index is -0.608. The molecule has 0 unspecified atom stereocenters. The van der Waals surface area contributed by atoms with E-state index in [0.29, 0.717) is 28.5 Å². The zero-order valence-electron chi connectivity index (χ0n) is 21.5. The molecule has 0 atom stereocenters. The van der Waals surface area contributed by atoms with Crippen LogP contribution in [-0.4, -0.2) is 26.8 Å². The van der Waals surface area contributed by atoms with Gasteiger partial charge in [-0.05, 0) is 71.0 Å². The lowest BCUT2D eigenvalue weighted by Crippen LogP contribution is -2.25. The Hall–Kier alpha value is -4.66. The molecule has 0 fully saturated rings. The van der Waals surface area contributed by atoms with E-state index in [0.717, 1.165) is 17.1 Å². The summed E-state index contributed by atoms with van der Waals surface area (Å²) in [5.41, 5.74) is 9.80. The van der Waals surface area contributed by atoms with Gasteiger partial charge in [-0.2, -0.15) is 5.10 Å². The van der Waals surface area contributed by atoms with Crippen molar-refractivity contribution in [1.82, 2.24) is 14.8 Å². The first-order chi connectivity index (χ1) is 17.5. The lowest BCUT2D eigenvalue weighted by molar-refractivity contribution is 0.100. The molecule has 190 valence electrons. The van der Waals surface area contributed by atoms with Gasteiger partial charge in [-0.25, -0.2) is 9.48 Å². The molecule has 0 radical (unpaired) electrons. The van der Waals surface area contributed by atoms with Crippen molar-refractivity contribution in [3.63, 3.8) is 0 Å². The number of nitrogens with zero attached hydrogens (tertiary/aromatic N) is 3. The molecule has 9 heteroatoms. The molecule has 0 aliphatic heterocycles. The Morgan fingerprint density at radius 1 is 0.919 bits per heavy atom. The Morgan fingerprint density at radius 2 is 1.54 bits per heavy atom. The molecule has 4 N–H and O–H groups in total. The van der Waals surface area contributed by atoms with Crippen LogP contribution in [0.5, 0.6) is 5.75 Å². The molecule has 2 heterocycles. The highest BCUT2D eigenvalue weighted by atomic mass is 16.6. The average molecular weight is 499 g/mol. The zero-order valence-corrected chi connectivity index (χ0v) is 21.5. The number of anilines is 3. The maximum Gasteiger partial charge on any atom is 0.417 e. The number of rotatable bonds is 6. The van der Waals surface area contributed by atoms with Crippen LogP contribution in [0.15, 0.2) is 66.7 Å². The van der Waals surface area contributed by atoms with E-state index in [1.54, 1.807) is 53.2 Å². The molecule has 4 rings (SSSR count). The van der Waals surface area contributed by atoms with E-state index in [1.807, 2.05) is 52.8 Å². The van der Waals surface area contributed by atoms with Gasteiger partial charge in [0.25, 0.3) is 5.91 Å². The predicted molar refractivity (Wildman–Crippen MR) is 144 cm³/mol. The molecular formula is C28H30N6O3. The fourth-order valence-electron chi connectivity index (χ4n) is 3.95. The summed E-state index contributed by atoms with van der Waals surface area (Å²) in [7, 11) is 0. The van der Waals surface area contributed by atoms with E-state index in [1.165, 1.54) is 0 Å². The summed E-state index contributed by atoms with van der Waals surface area (Å²) < 4.78 is 7.03. The van der Waals surface area contributed by atoms with Crippen molar-refractivity contribution in [2.45, 2.75) is 40.2 Å². The fourth-order valence-corrected chi connectivity index (χ4v) is 3.95. The lowest BCUT2D eigenvalue weighted by Gasteiger charge is -2.23. The summed E-state index contributed by atoms with van der Waals surface area (Å²) in [6.07, 6.45) is -0.608. The van der Waals surface area contributed by atoms with Gasteiger partial charge in [0.15, 0.2) is 0 Å². The lowest BCUT2D eigenvalue weighted by atomic mass is 10.1. The monoisotopic (exact) mass is 498 g/mol. The third-order valence-electron chi connectivity index (χ3n) is 5.47. The Kier molecular flexibility index (Phi) is 6.97. The van der Waals surface area contributed by atoms with Crippen molar-refractivity contribution in [2.75, 3.05) is 10.6 Å². The smallest absolute Gasteiger partial charge is 0.410 e. The van der Waals surface area contributed by atoms with Crippen molar-refractivity contribution < 1.29 is 14.3 Å². The number of carbonyl (C=O) groups excluding carboxylic acids is 2. The third-order valence-corrected chi connectivity index (χ3v) is 5.47. The van der Waals surface area contributed by atoms with Gasteiger partial charge >= 0.3 is 6.09 Å². The Morgan fingerprint density at radius 3 is 2.11 bits per heavy atom. The van der Waals surface area contributed by atoms with E-state index in [-0.39, 0.29) is 5.56 Å². The Balaban J connectivity index is 1.67. The summed E-state index contributed by atoms with van der Waals surface area (Å²) in [5, 5.41) is 10.8. The number of hydrogen-bond acceptors (Lipinski definition) is 6. The molecule has 0 saturated heterocycles. The molecule has 0 bridgehead atoms. The van der Waals surface area contributed by atoms with Crippen LogP contribution in [0.3, 0.4) is 0 Å². The molecule has 0 saturated carbocycles. The van der Waals surface area contributed by atoms with Crippen LogP contribution >= 0.6 is 0 Å². The molecule has 0 aliphatic rings. The average Bonchev–Trinajstić information content (AvgIpc) is 3.19. The largest absolute Gasteiger partial charge is 0.417 e. The summed E-state index contributed by atoms with van der Waals surface area (Å²) in [6, 6.07) is 19.5. The number of aryl methyl sites for hydroxylation is 2. The zero-order chi connectivity index (χ0) is 26.7. The molecule has 0 spiro atoms. The van der Waals surface area contributed by atoms with Crippen molar-refractivity contribution in [3.05, 3.63) is 83.7 Å². The number of hydrogen-bond donors (Lipinski definition) is 3. The van der Waals surface area contributed by atoms with Crippen molar-refractivity contribution in [2.24, 2.45) is 5.73 Å². The van der Waals surface area contributed by atoms with Gasteiger partial charge in [-0.1, -0.05) is 30.3 Å². The van der Waals surface area contributed by atoms with Crippen LogP contribution in [0.1, 0.15) is 42.5 Å². The number of carbonyl (C=O) groups is 2. The summed E-state index contributed by atoms with van der Waals surface area (Å²) in [4.78, 5) is 29.4. The highest BCUT2D eigenvalue weighted by molar-refractivity contribution is 6.04. The molecule has 2 aromatic heterocycles. The Bertz CT molecular complexity index is 1420. The second kappa shape index (κ2) is 10.1. The highest BCUT2D eigenvalue weighted by Crippen LogP contribution is 2.35. The fraction of sp³-hybridized carbons (Fsp3) is 0.214. The summed E-state index contributed by atoms with van der Waals surface area (Å²) >= 11 is 0. The number of pyridine rings is 1. The van der Waals surface area contributed by atoms with Crippen LogP contribution < -0.4 is 21.1 Å². The molecular weight excluding hydrogens is 468 g/mol. The SMILES string of the molecule is Cc1cc(Nc2c(C(N)=O)c(-c3ccc(NC(=O)Oc4ccccc4)cc3)nn2C(C)(C)C)cc(C)n1. The van der Waals surface area contributed by atoms with Crippen LogP contribution in [0, 0.1) is 13.8 Å². The van der Waals surface area contributed by atoms with Gasteiger partial charge in [0.1, 0.15) is 22.8 Å². The Labute approximate surface area is 215 Å². The van der Waals surface area contributed by atoms with Gasteiger partial charge in [0.2, 0.25) is 0 Å². The maximum atomic E-state index is 12.7. The number of primary amides is 1. The number of nitrogens with one attached hydrogen (secondary N) is 2. The number of ether oxygens (including phenoxy) is 1. The van der Waals surface area contributed by atoms with E-state index < -0.39 is 17.5 Å². The number of nitrogens with two attached hydrogens (primary N) is 1. The topological polar surface area (TPSA) is 124 Å². The van der Waals surface area contributed by atoms with Gasteiger partial charge < -0.3 is 15.8 Å². The predicted octanol–water partition coefficient (Wildman–Crippen LogP) is 5.77. The normalized spacial score (nSPS) is 11.2. The molecule has 4 aromatic rings. The van der Waals surface area contributed by atoms with E-state index in [9.17, 15) is 9.59 Å². The van der Waals surface area contributed by atoms with E-state index >= 15 is 0 Å². The number of benzene rings is 2. The van der Waals surface area contributed by atoms with E-state index in [4.69, 9.17) is 15.6 Å². The van der Waals surface area contributed by atoms with Crippen molar-refractivity contribution in [1.29, 1.82) is 0 Å². The minimum absolute atomic E-state index is 0.270. The number of amides is 2. The second-order valence-electron chi connectivity index (χ2n) is 9.69.